The van der Waals surface area contributed by atoms with Crippen molar-refractivity contribution in [1.29, 1.82) is 0 Å². The van der Waals surface area contributed by atoms with Gasteiger partial charge in [0.2, 0.25) is 0 Å². The molecular formula is C10H21F3O4S17. The number of methoxy groups -OCH3 is 3. The monoisotopic (exact) mass is 806 g/mol. The zero-order valence-corrected chi connectivity index (χ0v) is 32.1. The van der Waals surface area contributed by atoms with E-state index in [1.807, 2.05) is 0 Å². The zero-order valence-electron chi connectivity index (χ0n) is 18.2. The fourth-order valence-corrected chi connectivity index (χ4v) is 33.1. The molecule has 34 heavy (non-hydrogen) atoms. The van der Waals surface area contributed by atoms with Gasteiger partial charge in [0.1, 0.15) is 0 Å². The fraction of sp³-hybridized carbons (Fsp3) is 0.800. The first-order chi connectivity index (χ1) is 16.0. The first-order valence-electron chi connectivity index (χ1n) is 7.00. The zero-order chi connectivity index (χ0) is 27.7. The highest BCUT2D eigenvalue weighted by atomic mass is 33.5. The van der Waals surface area contributed by atoms with Crippen molar-refractivity contribution >= 4 is 170 Å². The van der Waals surface area contributed by atoms with E-state index in [1.165, 1.54) is 31.8 Å². The summed E-state index contributed by atoms with van der Waals surface area (Å²) in [5.74, 6) is -0.245. The molecule has 0 aromatic heterocycles. The predicted octanol–water partition coefficient (Wildman–Crippen LogP) is 2.95. The molecule has 0 amide bonds. The smallest absolute Gasteiger partial charge is 0.352 e. The third kappa shape index (κ3) is 76.5. The molecule has 0 aliphatic carbocycles. The van der Waals surface area contributed by atoms with Crippen LogP contribution >= 0.6 is 12.2 Å². The van der Waals surface area contributed by atoms with Crippen LogP contribution in [-0.2, 0) is 166 Å². The summed E-state index contributed by atoms with van der Waals surface area (Å²) in [6.07, 6.45) is -2.96. The van der Waals surface area contributed by atoms with Gasteiger partial charge in [-0.05, 0) is 12.2 Å². The predicted molar refractivity (Wildman–Crippen MR) is 185 cm³/mol. The molecule has 0 bridgehead atoms. The molecule has 0 heterocycles. The molecule has 24 heteroatoms. The van der Waals surface area contributed by atoms with E-state index in [0.29, 0.717) is 19.2 Å². The summed E-state index contributed by atoms with van der Waals surface area (Å²) in [7, 11) is 27.9. The maximum Gasteiger partial charge on any atom is 0.352 e. The molecule has 0 aromatic carbocycles. The van der Waals surface area contributed by atoms with Gasteiger partial charge in [-0.15, -0.1) is 0 Å². The molecule has 0 saturated heterocycles. The minimum absolute atomic E-state index is 0.245. The van der Waals surface area contributed by atoms with Crippen LogP contribution in [0.5, 0.6) is 0 Å². The van der Waals surface area contributed by atoms with Gasteiger partial charge in [-0.25, -0.2) is 0 Å². The number of hydrogen-bond acceptors (Lipinski definition) is 7. The second-order valence-corrected chi connectivity index (χ2v) is 28.7. The number of halogens is 3. The molecule has 208 valence electrons. The lowest BCUT2D eigenvalue weighted by molar-refractivity contribution is -0.205. The SMILES string of the molecule is CF.COC(C)(F)F.COC(C)=O.COC(C)=S.S=S=S=S=S=S=S=S=S=S=S=S=S=S=S=S. The van der Waals surface area contributed by atoms with E-state index in [-0.39, 0.29) is 5.97 Å². The molecule has 0 spiro atoms. The van der Waals surface area contributed by atoms with Gasteiger partial charge in [-0.2, -0.15) is 8.78 Å². The fourth-order valence-electron chi connectivity index (χ4n) is 0.136. The Balaban J connectivity index is -0.000000128. The number of esters is 1. The van der Waals surface area contributed by atoms with E-state index in [0.717, 1.165) is 7.11 Å². The van der Waals surface area contributed by atoms with E-state index in [4.69, 9.17) is 22.4 Å². The second kappa shape index (κ2) is 42.7. The number of carbonyl (C=O) groups excluding carboxylic acids is 1. The molecule has 0 radical (unpaired) electrons. The lowest BCUT2D eigenvalue weighted by Gasteiger charge is -2.03. The van der Waals surface area contributed by atoms with Crippen LogP contribution in [0.15, 0.2) is 0 Å². The number of thiocarbonyl (C=S) groups is 1. The summed E-state index contributed by atoms with van der Waals surface area (Å²) in [6, 6.07) is 0. The van der Waals surface area contributed by atoms with Crippen molar-refractivity contribution < 1.29 is 32.2 Å². The molecule has 0 rings (SSSR count). The van der Waals surface area contributed by atoms with Crippen LogP contribution in [0, 0.1) is 0 Å². The summed E-state index contributed by atoms with van der Waals surface area (Å²) in [5, 5.41) is 0.588. The van der Waals surface area contributed by atoms with Crippen molar-refractivity contribution in [2.24, 2.45) is 0 Å². The highest BCUT2D eigenvalue weighted by Gasteiger charge is 2.17. The maximum atomic E-state index is 11.2. The number of alkyl halides is 3. The first-order valence-corrected chi connectivity index (χ1v) is 27.4. The highest BCUT2D eigenvalue weighted by molar-refractivity contribution is 8.77. The molecule has 4 nitrogen and oxygen atoms in total. The van der Waals surface area contributed by atoms with Crippen LogP contribution < -0.4 is 0 Å². The summed E-state index contributed by atoms with van der Waals surface area (Å²) < 4.78 is 44.2. The Morgan fingerprint density at radius 2 is 0.853 bits per heavy atom. The van der Waals surface area contributed by atoms with E-state index in [2.05, 4.69) is 26.4 Å². The van der Waals surface area contributed by atoms with Gasteiger partial charge in [0.15, 0.2) is 5.05 Å². The van der Waals surface area contributed by atoms with E-state index in [1.54, 1.807) is 121 Å². The standard InChI is InChI=1S/C3H6F2O.C3H6O2.C3H6OS.CH3F.S16/c1-3(4,5)6-2;1-3(4)5-2;1-3(5)4-2;1-2;1-3-5-7-9-11-13-15-16-14-12-10-8-6-4-2/h1-2H3;2*1-2H3;1H3;. The molecule has 0 saturated carbocycles. The van der Waals surface area contributed by atoms with Gasteiger partial charge >= 0.3 is 12.1 Å². The minimum Gasteiger partial charge on any atom is -0.491 e. The third-order valence-electron chi connectivity index (χ3n) is 1.29. The van der Waals surface area contributed by atoms with Crippen LogP contribution in [0.1, 0.15) is 20.8 Å². The van der Waals surface area contributed by atoms with Crippen LogP contribution in [0.25, 0.3) is 0 Å². The van der Waals surface area contributed by atoms with Crippen molar-refractivity contribution in [2.75, 3.05) is 28.5 Å². The van der Waals surface area contributed by atoms with E-state index in [9.17, 15) is 18.0 Å². The van der Waals surface area contributed by atoms with Crippen molar-refractivity contribution in [3.63, 3.8) is 0 Å². The molecule has 0 aliphatic rings. The Morgan fingerprint density at radius 1 is 0.676 bits per heavy atom. The van der Waals surface area contributed by atoms with Crippen molar-refractivity contribution in [1.82, 2.24) is 0 Å². The average molecular weight is 807 g/mol. The van der Waals surface area contributed by atoms with Gasteiger partial charge in [-0.1, -0.05) is 0 Å². The number of ether oxygens (including phenoxy) is 3. The summed E-state index contributed by atoms with van der Waals surface area (Å²) >= 11 is 13.9. The van der Waals surface area contributed by atoms with Crippen LogP contribution in [0.3, 0.4) is 0 Å². The Hall–Kier alpha value is 2.63. The Labute approximate surface area is 253 Å². The largest absolute Gasteiger partial charge is 0.491 e. The lowest BCUT2D eigenvalue weighted by Crippen LogP contribution is -2.10. The molecular weight excluding hydrogens is 786 g/mol. The van der Waals surface area contributed by atoms with Gasteiger partial charge in [0.05, 0.1) is 21.4 Å². The summed E-state index contributed by atoms with van der Waals surface area (Å²) in [4.78, 5) is 9.59. The lowest BCUT2D eigenvalue weighted by atomic mass is 10.8. The minimum atomic E-state index is -2.96. The molecule has 0 aromatic rings. The first kappa shape index (κ1) is 46.5. The third-order valence-corrected chi connectivity index (χ3v) is 30.4. The van der Waals surface area contributed by atoms with Crippen LogP contribution in [0.2, 0.25) is 0 Å². The van der Waals surface area contributed by atoms with Crippen molar-refractivity contribution in [3.8, 4) is 0 Å². The quantitative estimate of drug-likeness (QED) is 0.299. The van der Waals surface area contributed by atoms with Crippen LogP contribution in [0.4, 0.5) is 13.2 Å². The van der Waals surface area contributed by atoms with Gasteiger partial charge in [-0.3, -0.25) is 9.18 Å². The van der Waals surface area contributed by atoms with E-state index < -0.39 is 6.11 Å². The number of rotatable bonds is 1. The van der Waals surface area contributed by atoms with Gasteiger partial charge in [0, 0.05) is 175 Å². The number of hydrogen-bond donors (Lipinski definition) is 0. The molecule has 0 fully saturated rings. The van der Waals surface area contributed by atoms with Gasteiger partial charge < -0.3 is 14.2 Å². The Kier molecular flexibility index (Phi) is 58.4. The highest BCUT2D eigenvalue weighted by Crippen LogP contribution is 2.09. The van der Waals surface area contributed by atoms with Crippen molar-refractivity contribution in [2.45, 2.75) is 26.9 Å². The second-order valence-electron chi connectivity index (χ2n) is 3.36. The summed E-state index contributed by atoms with van der Waals surface area (Å²) in [6.45, 7) is 3.78. The summed E-state index contributed by atoms with van der Waals surface area (Å²) in [5.41, 5.74) is 0. The Morgan fingerprint density at radius 3 is 0.941 bits per heavy atom. The normalized spacial score (nSPS) is 7.71. The topological polar surface area (TPSA) is 44.8 Å². The van der Waals surface area contributed by atoms with Crippen LogP contribution in [-0.4, -0.2) is 45.6 Å². The Bertz CT molecular complexity index is 1040. The molecule has 0 aliphatic heterocycles. The number of carbonyl (C=O) groups is 1. The molecule has 0 unspecified atom stereocenters. The van der Waals surface area contributed by atoms with E-state index >= 15 is 0 Å². The van der Waals surface area contributed by atoms with Gasteiger partial charge in [0.25, 0.3) is 0 Å². The maximum absolute atomic E-state index is 11.2. The molecule has 0 atom stereocenters. The van der Waals surface area contributed by atoms with Crippen molar-refractivity contribution in [3.05, 3.63) is 0 Å². The average Bonchev–Trinajstić information content (AvgIpc) is 2.81. The molecule has 0 N–H and O–H groups in total.